The van der Waals surface area contributed by atoms with Gasteiger partial charge in [0, 0.05) is 18.3 Å². The molecule has 0 saturated carbocycles. The van der Waals surface area contributed by atoms with Gasteiger partial charge in [-0.15, -0.1) is 11.6 Å². The van der Waals surface area contributed by atoms with Crippen LogP contribution in [-0.4, -0.2) is 11.8 Å². The Morgan fingerprint density at radius 1 is 1.44 bits per heavy atom. The Hall–Kier alpha value is -1.23. The molecule has 0 radical (unpaired) electrons. The molecule has 0 spiro atoms. The lowest BCUT2D eigenvalue weighted by atomic mass is 10.1. The van der Waals surface area contributed by atoms with Gasteiger partial charge < -0.3 is 5.32 Å². The number of halogens is 4. The van der Waals surface area contributed by atoms with E-state index in [-0.39, 0.29) is 24.2 Å². The largest absolute Gasteiger partial charge is 0.416 e. The molecule has 0 aliphatic rings. The lowest BCUT2D eigenvalue weighted by Crippen LogP contribution is -2.29. The van der Waals surface area contributed by atoms with E-state index in [1.165, 1.54) is 12.1 Å². The minimum absolute atomic E-state index is 0.0595. The lowest BCUT2D eigenvalue weighted by molar-refractivity contribution is -0.137. The summed E-state index contributed by atoms with van der Waals surface area (Å²) in [6, 6.07) is 4.86. The fourth-order valence-electron chi connectivity index (χ4n) is 1.29. The van der Waals surface area contributed by atoms with Crippen molar-refractivity contribution in [2.24, 2.45) is 5.92 Å². The molecule has 18 heavy (non-hydrogen) atoms. The average molecular weight is 280 g/mol. The number of hydrogen-bond acceptors (Lipinski definition) is 1. The minimum Gasteiger partial charge on any atom is -0.352 e. The predicted molar refractivity (Wildman–Crippen MR) is 63.2 cm³/mol. The third-order valence-corrected chi connectivity index (χ3v) is 2.86. The van der Waals surface area contributed by atoms with Crippen LogP contribution < -0.4 is 5.32 Å². The van der Waals surface area contributed by atoms with Gasteiger partial charge in [0.2, 0.25) is 5.91 Å². The van der Waals surface area contributed by atoms with Crippen molar-refractivity contribution in [3.05, 3.63) is 35.4 Å². The Bertz CT molecular complexity index is 420. The van der Waals surface area contributed by atoms with Gasteiger partial charge in [0.15, 0.2) is 0 Å². The van der Waals surface area contributed by atoms with Crippen LogP contribution in [0.2, 0.25) is 0 Å². The zero-order valence-electron chi connectivity index (χ0n) is 9.72. The molecule has 6 heteroatoms. The Morgan fingerprint density at radius 2 is 2.11 bits per heavy atom. The van der Waals surface area contributed by atoms with Crippen LogP contribution in [0.25, 0.3) is 0 Å². The van der Waals surface area contributed by atoms with Crippen LogP contribution in [-0.2, 0) is 17.5 Å². The molecule has 0 aliphatic carbocycles. The van der Waals surface area contributed by atoms with Crippen molar-refractivity contribution in [2.75, 3.05) is 5.88 Å². The van der Waals surface area contributed by atoms with Crippen LogP contribution in [0.3, 0.4) is 0 Å². The number of alkyl halides is 4. The second-order valence-corrected chi connectivity index (χ2v) is 4.28. The topological polar surface area (TPSA) is 29.1 Å². The smallest absolute Gasteiger partial charge is 0.352 e. The van der Waals surface area contributed by atoms with E-state index in [9.17, 15) is 18.0 Å². The highest BCUT2D eigenvalue weighted by Gasteiger charge is 2.30. The molecule has 100 valence electrons. The molecule has 1 atom stereocenters. The number of carbonyl (C=O) groups is 1. The first kappa shape index (κ1) is 14.8. The van der Waals surface area contributed by atoms with Crippen molar-refractivity contribution in [2.45, 2.75) is 19.6 Å². The zero-order valence-corrected chi connectivity index (χ0v) is 10.5. The number of nitrogens with one attached hydrogen (secondary N) is 1. The van der Waals surface area contributed by atoms with Crippen LogP contribution in [0.1, 0.15) is 18.1 Å². The number of benzene rings is 1. The Labute approximate surface area is 108 Å². The number of carbonyl (C=O) groups excluding carboxylic acids is 1. The maximum absolute atomic E-state index is 12.4. The molecule has 1 N–H and O–H groups in total. The molecule has 1 aromatic carbocycles. The van der Waals surface area contributed by atoms with Gasteiger partial charge in [-0.2, -0.15) is 13.2 Å². The Kier molecular flexibility index (Phi) is 5.02. The molecule has 0 saturated heterocycles. The second kappa shape index (κ2) is 6.09. The quantitative estimate of drug-likeness (QED) is 0.843. The number of rotatable bonds is 4. The van der Waals surface area contributed by atoms with Crippen molar-refractivity contribution in [1.29, 1.82) is 0 Å². The Balaban J connectivity index is 2.66. The molecule has 0 bridgehead atoms. The summed E-state index contributed by atoms with van der Waals surface area (Å²) < 4.78 is 37.3. The van der Waals surface area contributed by atoms with Crippen molar-refractivity contribution >= 4 is 17.5 Å². The standard InChI is InChI=1S/C12H13ClF3NO/c1-8(6-13)11(18)17-7-9-3-2-4-10(5-9)12(14,15)16/h2-5,8H,6-7H2,1H3,(H,17,18). The van der Waals surface area contributed by atoms with Gasteiger partial charge in [0.25, 0.3) is 0 Å². The summed E-state index contributed by atoms with van der Waals surface area (Å²) in [6.07, 6.45) is -4.37. The Morgan fingerprint density at radius 3 is 2.67 bits per heavy atom. The van der Waals surface area contributed by atoms with Gasteiger partial charge >= 0.3 is 6.18 Å². The van der Waals surface area contributed by atoms with Crippen LogP contribution >= 0.6 is 11.6 Å². The van der Waals surface area contributed by atoms with E-state index in [4.69, 9.17) is 11.6 Å². The van der Waals surface area contributed by atoms with Crippen molar-refractivity contribution in [3.63, 3.8) is 0 Å². The van der Waals surface area contributed by atoms with Crippen molar-refractivity contribution < 1.29 is 18.0 Å². The van der Waals surface area contributed by atoms with E-state index in [1.807, 2.05) is 0 Å². The van der Waals surface area contributed by atoms with Gasteiger partial charge in [-0.25, -0.2) is 0 Å². The highest BCUT2D eigenvalue weighted by atomic mass is 35.5. The van der Waals surface area contributed by atoms with Gasteiger partial charge in [-0.3, -0.25) is 4.79 Å². The van der Waals surface area contributed by atoms with Crippen LogP contribution in [0.5, 0.6) is 0 Å². The zero-order chi connectivity index (χ0) is 13.8. The fourth-order valence-corrected chi connectivity index (χ4v) is 1.43. The summed E-state index contributed by atoms with van der Waals surface area (Å²) in [5, 5.41) is 2.54. The first-order valence-corrected chi connectivity index (χ1v) is 5.88. The van der Waals surface area contributed by atoms with Crippen LogP contribution in [0, 0.1) is 5.92 Å². The van der Waals surface area contributed by atoms with E-state index < -0.39 is 11.7 Å². The molecule has 0 fully saturated rings. The molecule has 0 aromatic heterocycles. The molecule has 1 aromatic rings. The van der Waals surface area contributed by atoms with E-state index in [0.29, 0.717) is 5.56 Å². The second-order valence-electron chi connectivity index (χ2n) is 3.97. The molecular weight excluding hydrogens is 267 g/mol. The summed E-state index contributed by atoms with van der Waals surface area (Å²) in [5.41, 5.74) is -0.320. The first-order valence-electron chi connectivity index (χ1n) is 5.34. The highest BCUT2D eigenvalue weighted by molar-refractivity contribution is 6.19. The maximum atomic E-state index is 12.4. The SMILES string of the molecule is CC(CCl)C(=O)NCc1cccc(C(F)(F)F)c1. The molecular formula is C12H13ClF3NO. The van der Waals surface area contributed by atoms with Gasteiger partial charge in [0.05, 0.1) is 5.56 Å². The summed E-state index contributed by atoms with van der Waals surface area (Å²) in [5.74, 6) is -0.464. The van der Waals surface area contributed by atoms with Crippen molar-refractivity contribution in [3.8, 4) is 0 Å². The van der Waals surface area contributed by atoms with Gasteiger partial charge in [-0.1, -0.05) is 19.1 Å². The van der Waals surface area contributed by atoms with Gasteiger partial charge in [0.1, 0.15) is 0 Å². The normalized spacial score (nSPS) is 13.2. The summed E-state index contributed by atoms with van der Waals surface area (Å²) in [7, 11) is 0. The molecule has 1 rings (SSSR count). The van der Waals surface area contributed by atoms with Gasteiger partial charge in [-0.05, 0) is 17.7 Å². The average Bonchev–Trinajstić information content (AvgIpc) is 2.34. The fraction of sp³-hybridized carbons (Fsp3) is 0.417. The first-order chi connectivity index (χ1) is 8.34. The summed E-state index contributed by atoms with van der Waals surface area (Å²) in [6.45, 7) is 1.71. The van der Waals surface area contributed by atoms with E-state index >= 15 is 0 Å². The lowest BCUT2D eigenvalue weighted by Gasteiger charge is -2.11. The third-order valence-electron chi connectivity index (χ3n) is 2.40. The number of amides is 1. The molecule has 0 aliphatic heterocycles. The van der Waals surface area contributed by atoms with E-state index in [0.717, 1.165) is 12.1 Å². The predicted octanol–water partition coefficient (Wildman–Crippen LogP) is 3.20. The highest BCUT2D eigenvalue weighted by Crippen LogP contribution is 2.29. The molecule has 2 nitrogen and oxygen atoms in total. The summed E-state index contributed by atoms with van der Waals surface area (Å²) >= 11 is 5.50. The minimum atomic E-state index is -4.37. The number of hydrogen-bond donors (Lipinski definition) is 1. The third kappa shape index (κ3) is 4.22. The molecule has 1 unspecified atom stereocenters. The molecule has 1 amide bonds. The van der Waals surface area contributed by atoms with Crippen LogP contribution in [0.15, 0.2) is 24.3 Å². The summed E-state index contributed by atoms with van der Waals surface area (Å²) in [4.78, 5) is 11.4. The van der Waals surface area contributed by atoms with E-state index in [2.05, 4.69) is 5.32 Å². The van der Waals surface area contributed by atoms with Crippen LogP contribution in [0.4, 0.5) is 13.2 Å². The monoisotopic (exact) mass is 279 g/mol. The molecule has 0 heterocycles. The van der Waals surface area contributed by atoms with E-state index in [1.54, 1.807) is 6.92 Å². The maximum Gasteiger partial charge on any atom is 0.416 e. The van der Waals surface area contributed by atoms with Crippen molar-refractivity contribution in [1.82, 2.24) is 5.32 Å².